The van der Waals surface area contributed by atoms with Gasteiger partial charge in [-0.15, -0.1) is 0 Å². The summed E-state index contributed by atoms with van der Waals surface area (Å²) in [6.07, 6.45) is 0.773. The molecule has 100 valence electrons. The van der Waals surface area contributed by atoms with Crippen LogP contribution in [0.3, 0.4) is 0 Å². The highest BCUT2D eigenvalue weighted by Gasteiger charge is 1.95. The van der Waals surface area contributed by atoms with Crippen LogP contribution in [-0.4, -0.2) is 25.4 Å². The molecule has 2 nitrogen and oxygen atoms in total. The van der Waals surface area contributed by atoms with Gasteiger partial charge in [0.1, 0.15) is 0 Å². The van der Waals surface area contributed by atoms with Crippen LogP contribution in [0.1, 0.15) is 55.4 Å². The standard InChI is InChI=1S/2C7H16O/c2*1-6(2)5-8-7(3)4/h2*6-7H,5H2,1-4H3. The normalized spacial score (nSPS) is 11.2. The minimum absolute atomic E-state index is 0.386. The molecule has 0 aliphatic carbocycles. The van der Waals surface area contributed by atoms with E-state index in [2.05, 4.69) is 55.4 Å². The fraction of sp³-hybridized carbons (Fsp3) is 1.00. The van der Waals surface area contributed by atoms with Crippen LogP contribution in [0.4, 0.5) is 0 Å². The van der Waals surface area contributed by atoms with Crippen LogP contribution in [-0.2, 0) is 9.47 Å². The average molecular weight is 232 g/mol. The predicted molar refractivity (Wildman–Crippen MR) is 71.9 cm³/mol. The molecule has 0 aromatic rings. The van der Waals surface area contributed by atoms with E-state index in [1.807, 2.05) is 0 Å². The van der Waals surface area contributed by atoms with E-state index in [0.717, 1.165) is 13.2 Å². The monoisotopic (exact) mass is 232 g/mol. The fourth-order valence-electron chi connectivity index (χ4n) is 0.770. The summed E-state index contributed by atoms with van der Waals surface area (Å²) in [5.74, 6) is 1.33. The molecule has 0 bridgehead atoms. The molecule has 0 aliphatic heterocycles. The largest absolute Gasteiger partial charge is 0.379 e. The van der Waals surface area contributed by atoms with E-state index in [-0.39, 0.29) is 0 Å². The molecule has 16 heavy (non-hydrogen) atoms. The Morgan fingerprint density at radius 2 is 0.812 bits per heavy atom. The molecule has 2 heteroatoms. The third-order valence-corrected chi connectivity index (χ3v) is 1.53. The summed E-state index contributed by atoms with van der Waals surface area (Å²) >= 11 is 0. The highest BCUT2D eigenvalue weighted by Crippen LogP contribution is 1.96. The topological polar surface area (TPSA) is 18.5 Å². The van der Waals surface area contributed by atoms with E-state index < -0.39 is 0 Å². The first-order chi connectivity index (χ1) is 7.25. The maximum Gasteiger partial charge on any atom is 0.0518 e. The summed E-state index contributed by atoms with van der Waals surface area (Å²) in [5.41, 5.74) is 0. The van der Waals surface area contributed by atoms with Crippen LogP contribution in [0.5, 0.6) is 0 Å². The van der Waals surface area contributed by atoms with Gasteiger partial charge in [0.05, 0.1) is 12.2 Å². The predicted octanol–water partition coefficient (Wildman–Crippen LogP) is 4.13. The van der Waals surface area contributed by atoms with Gasteiger partial charge >= 0.3 is 0 Å². The molecule has 0 saturated heterocycles. The molecule has 0 aliphatic rings. The van der Waals surface area contributed by atoms with Gasteiger partial charge in [-0.1, -0.05) is 27.7 Å². The molecule has 0 fully saturated rings. The van der Waals surface area contributed by atoms with Gasteiger partial charge in [-0.2, -0.15) is 0 Å². The van der Waals surface area contributed by atoms with E-state index >= 15 is 0 Å². The van der Waals surface area contributed by atoms with Crippen molar-refractivity contribution < 1.29 is 9.47 Å². The van der Waals surface area contributed by atoms with Gasteiger partial charge in [0.2, 0.25) is 0 Å². The molecule has 0 heterocycles. The molecule has 0 aromatic heterocycles. The van der Waals surface area contributed by atoms with Crippen LogP contribution in [0.2, 0.25) is 0 Å². The van der Waals surface area contributed by atoms with Crippen molar-refractivity contribution in [1.82, 2.24) is 0 Å². The van der Waals surface area contributed by atoms with Gasteiger partial charge in [0, 0.05) is 13.2 Å². The zero-order valence-corrected chi connectivity index (χ0v) is 12.5. The molecule has 0 saturated carbocycles. The third kappa shape index (κ3) is 23.6. The third-order valence-electron chi connectivity index (χ3n) is 1.53. The van der Waals surface area contributed by atoms with Crippen LogP contribution >= 0.6 is 0 Å². The van der Waals surface area contributed by atoms with Crippen LogP contribution in [0.15, 0.2) is 0 Å². The highest BCUT2D eigenvalue weighted by atomic mass is 16.5. The summed E-state index contributed by atoms with van der Waals surface area (Å²) in [4.78, 5) is 0. The molecule has 0 aromatic carbocycles. The Hall–Kier alpha value is -0.0800. The van der Waals surface area contributed by atoms with Gasteiger partial charge in [-0.25, -0.2) is 0 Å². The summed E-state index contributed by atoms with van der Waals surface area (Å²) in [7, 11) is 0. The Labute approximate surface area is 103 Å². The van der Waals surface area contributed by atoms with Gasteiger partial charge in [-0.3, -0.25) is 0 Å². The average Bonchev–Trinajstić information content (AvgIpc) is 2.12. The highest BCUT2D eigenvalue weighted by molar-refractivity contribution is 4.42. The molecule has 0 amide bonds. The first kappa shape index (κ1) is 18.3. The Morgan fingerprint density at radius 1 is 0.562 bits per heavy atom. The number of hydrogen-bond donors (Lipinski definition) is 0. The minimum Gasteiger partial charge on any atom is -0.379 e. The summed E-state index contributed by atoms with van der Waals surface area (Å²) in [6.45, 7) is 18.6. The summed E-state index contributed by atoms with van der Waals surface area (Å²) in [6, 6.07) is 0. The van der Waals surface area contributed by atoms with Crippen molar-refractivity contribution in [3.63, 3.8) is 0 Å². The van der Waals surface area contributed by atoms with Crippen molar-refractivity contribution in [2.75, 3.05) is 13.2 Å². The van der Waals surface area contributed by atoms with Crippen molar-refractivity contribution in [3.8, 4) is 0 Å². The number of ether oxygens (including phenoxy) is 2. The van der Waals surface area contributed by atoms with E-state index in [9.17, 15) is 0 Å². The van der Waals surface area contributed by atoms with Crippen molar-refractivity contribution in [3.05, 3.63) is 0 Å². The maximum absolute atomic E-state index is 5.30. The van der Waals surface area contributed by atoms with Crippen molar-refractivity contribution >= 4 is 0 Å². The first-order valence-corrected chi connectivity index (χ1v) is 6.48. The zero-order chi connectivity index (χ0) is 13.1. The second kappa shape index (κ2) is 11.4. The summed E-state index contributed by atoms with van der Waals surface area (Å²) < 4.78 is 10.6. The molecule has 0 radical (unpaired) electrons. The van der Waals surface area contributed by atoms with E-state index in [1.54, 1.807) is 0 Å². The fourth-order valence-corrected chi connectivity index (χ4v) is 0.770. The first-order valence-electron chi connectivity index (χ1n) is 6.48. The molecular formula is C14H32O2. The number of rotatable bonds is 6. The molecule has 0 unspecified atom stereocenters. The van der Waals surface area contributed by atoms with Gasteiger partial charge in [0.15, 0.2) is 0 Å². The van der Waals surface area contributed by atoms with Crippen LogP contribution in [0.25, 0.3) is 0 Å². The lowest BCUT2D eigenvalue weighted by molar-refractivity contribution is 0.0591. The minimum atomic E-state index is 0.386. The molecule has 0 rings (SSSR count). The van der Waals surface area contributed by atoms with Crippen LogP contribution < -0.4 is 0 Å². The Kier molecular flexibility index (Phi) is 13.0. The molecular weight excluding hydrogens is 200 g/mol. The van der Waals surface area contributed by atoms with E-state index in [1.165, 1.54) is 0 Å². The Morgan fingerprint density at radius 3 is 0.875 bits per heavy atom. The van der Waals surface area contributed by atoms with Gasteiger partial charge < -0.3 is 9.47 Å². The van der Waals surface area contributed by atoms with Gasteiger partial charge in [0.25, 0.3) is 0 Å². The molecule has 0 spiro atoms. The van der Waals surface area contributed by atoms with E-state index in [4.69, 9.17) is 9.47 Å². The van der Waals surface area contributed by atoms with Crippen molar-refractivity contribution in [2.45, 2.75) is 67.6 Å². The molecule has 0 atom stereocenters. The lowest BCUT2D eigenvalue weighted by Crippen LogP contribution is -2.08. The quantitative estimate of drug-likeness (QED) is 0.685. The van der Waals surface area contributed by atoms with Crippen molar-refractivity contribution in [1.29, 1.82) is 0 Å². The summed E-state index contributed by atoms with van der Waals surface area (Å²) in [5, 5.41) is 0. The zero-order valence-electron chi connectivity index (χ0n) is 12.5. The smallest absolute Gasteiger partial charge is 0.0518 e. The second-order valence-electron chi connectivity index (χ2n) is 5.55. The number of hydrogen-bond acceptors (Lipinski definition) is 2. The SMILES string of the molecule is CC(C)COC(C)C.CC(C)COC(C)C. The van der Waals surface area contributed by atoms with Crippen molar-refractivity contribution in [2.24, 2.45) is 11.8 Å². The second-order valence-corrected chi connectivity index (χ2v) is 5.55. The Bertz CT molecular complexity index is 96.7. The van der Waals surface area contributed by atoms with Gasteiger partial charge in [-0.05, 0) is 39.5 Å². The lowest BCUT2D eigenvalue weighted by atomic mass is 10.2. The maximum atomic E-state index is 5.30. The molecule has 0 N–H and O–H groups in total. The van der Waals surface area contributed by atoms with Crippen LogP contribution in [0, 0.1) is 11.8 Å². The van der Waals surface area contributed by atoms with E-state index in [0.29, 0.717) is 24.0 Å². The lowest BCUT2D eigenvalue weighted by Gasteiger charge is -2.08. The Balaban J connectivity index is 0.